The SMILES string of the molecule is CN1CCc2c(c3cccc(C(=O)O)c3n2CCO)C1. The average Bonchev–Trinajstić information content (AvgIpc) is 2.73. The smallest absolute Gasteiger partial charge is 0.337 e. The van der Waals surface area contributed by atoms with Crippen LogP contribution in [0.3, 0.4) is 0 Å². The van der Waals surface area contributed by atoms with Crippen LogP contribution in [-0.2, 0) is 19.5 Å². The molecule has 1 aliphatic heterocycles. The Balaban J connectivity index is 2.34. The van der Waals surface area contributed by atoms with Crippen LogP contribution in [0.15, 0.2) is 18.2 Å². The summed E-state index contributed by atoms with van der Waals surface area (Å²) in [5.74, 6) is -0.919. The van der Waals surface area contributed by atoms with E-state index in [1.54, 1.807) is 12.1 Å². The van der Waals surface area contributed by atoms with Crippen LogP contribution in [0.1, 0.15) is 21.6 Å². The molecule has 5 heteroatoms. The van der Waals surface area contributed by atoms with Gasteiger partial charge in [0.15, 0.2) is 0 Å². The number of fused-ring (bicyclic) bond motifs is 3. The highest BCUT2D eigenvalue weighted by Crippen LogP contribution is 2.32. The molecule has 0 aliphatic carbocycles. The summed E-state index contributed by atoms with van der Waals surface area (Å²) in [6.45, 7) is 2.24. The van der Waals surface area contributed by atoms with Gasteiger partial charge in [-0.25, -0.2) is 4.79 Å². The number of aromatic nitrogens is 1. The maximum Gasteiger partial charge on any atom is 0.337 e. The number of para-hydroxylation sites is 1. The van der Waals surface area contributed by atoms with E-state index in [0.29, 0.717) is 12.1 Å². The first-order valence-corrected chi connectivity index (χ1v) is 6.79. The molecule has 3 rings (SSSR count). The third kappa shape index (κ3) is 1.90. The zero-order chi connectivity index (χ0) is 14.3. The van der Waals surface area contributed by atoms with Crippen LogP contribution in [0.25, 0.3) is 10.9 Å². The highest BCUT2D eigenvalue weighted by molar-refractivity contribution is 6.04. The Bertz CT molecular complexity index is 675. The lowest BCUT2D eigenvalue weighted by atomic mass is 10.0. The molecule has 106 valence electrons. The minimum Gasteiger partial charge on any atom is -0.478 e. The first-order chi connectivity index (χ1) is 9.63. The quantitative estimate of drug-likeness (QED) is 0.886. The van der Waals surface area contributed by atoms with Gasteiger partial charge >= 0.3 is 5.97 Å². The molecule has 1 aromatic carbocycles. The van der Waals surface area contributed by atoms with Crippen molar-refractivity contribution in [2.45, 2.75) is 19.5 Å². The number of carbonyl (C=O) groups is 1. The number of nitrogens with zero attached hydrogens (tertiary/aromatic N) is 2. The monoisotopic (exact) mass is 274 g/mol. The molecule has 0 amide bonds. The molecule has 20 heavy (non-hydrogen) atoms. The van der Waals surface area contributed by atoms with Crippen LogP contribution in [0.2, 0.25) is 0 Å². The zero-order valence-corrected chi connectivity index (χ0v) is 11.5. The first kappa shape index (κ1) is 13.1. The summed E-state index contributed by atoms with van der Waals surface area (Å²) in [5, 5.41) is 19.7. The van der Waals surface area contributed by atoms with Gasteiger partial charge in [-0.2, -0.15) is 0 Å². The van der Waals surface area contributed by atoms with Gasteiger partial charge in [-0.1, -0.05) is 12.1 Å². The largest absolute Gasteiger partial charge is 0.478 e. The highest BCUT2D eigenvalue weighted by Gasteiger charge is 2.24. The van der Waals surface area contributed by atoms with Crippen LogP contribution in [0.4, 0.5) is 0 Å². The van der Waals surface area contributed by atoms with Crippen molar-refractivity contribution in [3.63, 3.8) is 0 Å². The van der Waals surface area contributed by atoms with Gasteiger partial charge < -0.3 is 19.7 Å². The van der Waals surface area contributed by atoms with E-state index in [9.17, 15) is 15.0 Å². The van der Waals surface area contributed by atoms with Gasteiger partial charge in [0.05, 0.1) is 17.7 Å². The fraction of sp³-hybridized carbons (Fsp3) is 0.400. The van der Waals surface area contributed by atoms with E-state index in [2.05, 4.69) is 11.9 Å². The van der Waals surface area contributed by atoms with E-state index in [-0.39, 0.29) is 6.61 Å². The summed E-state index contributed by atoms with van der Waals surface area (Å²) in [5.41, 5.74) is 3.42. The average molecular weight is 274 g/mol. The predicted molar refractivity (Wildman–Crippen MR) is 76.0 cm³/mol. The molecule has 1 aromatic heterocycles. The van der Waals surface area contributed by atoms with E-state index >= 15 is 0 Å². The third-order valence-corrected chi connectivity index (χ3v) is 4.02. The molecule has 0 atom stereocenters. The lowest BCUT2D eigenvalue weighted by molar-refractivity contribution is 0.0698. The minimum absolute atomic E-state index is 0.0139. The molecule has 5 nitrogen and oxygen atoms in total. The molecule has 0 fully saturated rings. The second-order valence-corrected chi connectivity index (χ2v) is 5.30. The Morgan fingerprint density at radius 2 is 2.20 bits per heavy atom. The fourth-order valence-electron chi connectivity index (χ4n) is 3.16. The number of hydrogen-bond donors (Lipinski definition) is 2. The van der Waals surface area contributed by atoms with Crippen molar-refractivity contribution < 1.29 is 15.0 Å². The van der Waals surface area contributed by atoms with Gasteiger partial charge in [-0.15, -0.1) is 0 Å². The summed E-state index contributed by atoms with van der Waals surface area (Å²) in [6.07, 6.45) is 0.888. The third-order valence-electron chi connectivity index (χ3n) is 4.02. The number of aromatic carboxylic acids is 1. The molecule has 2 aromatic rings. The van der Waals surface area contributed by atoms with Crippen molar-refractivity contribution in [1.82, 2.24) is 9.47 Å². The van der Waals surface area contributed by atoms with Crippen molar-refractivity contribution in [1.29, 1.82) is 0 Å². The lowest BCUT2D eigenvalue weighted by Crippen LogP contribution is -2.27. The van der Waals surface area contributed by atoms with Crippen molar-refractivity contribution in [2.24, 2.45) is 0 Å². The highest BCUT2D eigenvalue weighted by atomic mass is 16.4. The Hall–Kier alpha value is -1.85. The molecule has 0 unspecified atom stereocenters. The van der Waals surface area contributed by atoms with Gasteiger partial charge in [0.2, 0.25) is 0 Å². The number of carboxylic acid groups (broad SMARTS) is 1. The van der Waals surface area contributed by atoms with Gasteiger partial charge in [-0.05, 0) is 18.7 Å². The lowest BCUT2D eigenvalue weighted by Gasteiger charge is -2.24. The number of aliphatic hydroxyl groups is 1. The van der Waals surface area contributed by atoms with E-state index in [1.807, 2.05) is 10.6 Å². The van der Waals surface area contributed by atoms with E-state index in [0.717, 1.165) is 30.4 Å². The number of aliphatic hydroxyl groups excluding tert-OH is 1. The second kappa shape index (κ2) is 4.92. The number of hydrogen-bond acceptors (Lipinski definition) is 3. The summed E-state index contributed by atoms with van der Waals surface area (Å²) in [7, 11) is 2.07. The normalized spacial score (nSPS) is 15.5. The van der Waals surface area contributed by atoms with Crippen LogP contribution < -0.4 is 0 Å². The summed E-state index contributed by atoms with van der Waals surface area (Å²) < 4.78 is 1.99. The van der Waals surface area contributed by atoms with E-state index < -0.39 is 5.97 Å². The predicted octanol–water partition coefficient (Wildman–Crippen LogP) is 1.32. The van der Waals surface area contributed by atoms with E-state index in [4.69, 9.17) is 0 Å². The van der Waals surface area contributed by atoms with Gasteiger partial charge in [-0.3, -0.25) is 0 Å². The zero-order valence-electron chi connectivity index (χ0n) is 11.5. The molecule has 2 N–H and O–H groups in total. The Kier molecular flexibility index (Phi) is 3.23. The molecule has 0 saturated carbocycles. The van der Waals surface area contributed by atoms with Gasteiger partial charge in [0.1, 0.15) is 0 Å². The first-order valence-electron chi connectivity index (χ1n) is 6.79. The standard InChI is InChI=1S/C15H18N2O3/c1-16-6-5-13-12(9-16)10-3-2-4-11(15(19)20)14(10)17(13)7-8-18/h2-4,18H,5-9H2,1H3,(H,19,20). The molecule has 0 spiro atoms. The molecular weight excluding hydrogens is 256 g/mol. The molecule has 0 saturated heterocycles. The Labute approximate surface area is 117 Å². The van der Waals surface area contributed by atoms with Crippen LogP contribution >= 0.6 is 0 Å². The van der Waals surface area contributed by atoms with Crippen molar-refractivity contribution in [3.8, 4) is 0 Å². The van der Waals surface area contributed by atoms with Crippen LogP contribution in [0, 0.1) is 0 Å². The number of benzene rings is 1. The molecule has 1 aliphatic rings. The molecule has 0 bridgehead atoms. The molecule has 2 heterocycles. The molecular formula is C15H18N2O3. The van der Waals surface area contributed by atoms with Crippen molar-refractivity contribution in [2.75, 3.05) is 20.2 Å². The number of rotatable bonds is 3. The number of carboxylic acids is 1. The summed E-state index contributed by atoms with van der Waals surface area (Å²) >= 11 is 0. The topological polar surface area (TPSA) is 65.7 Å². The maximum absolute atomic E-state index is 11.5. The second-order valence-electron chi connectivity index (χ2n) is 5.30. The number of likely N-dealkylation sites (N-methyl/N-ethyl adjacent to an activating group) is 1. The van der Waals surface area contributed by atoms with Crippen molar-refractivity contribution >= 4 is 16.9 Å². The molecule has 0 radical (unpaired) electrons. The van der Waals surface area contributed by atoms with E-state index in [1.165, 1.54) is 11.3 Å². The Morgan fingerprint density at radius 1 is 1.40 bits per heavy atom. The minimum atomic E-state index is -0.919. The summed E-state index contributed by atoms with van der Waals surface area (Å²) in [4.78, 5) is 13.7. The van der Waals surface area contributed by atoms with Crippen molar-refractivity contribution in [3.05, 3.63) is 35.0 Å². The Morgan fingerprint density at radius 3 is 2.90 bits per heavy atom. The van der Waals surface area contributed by atoms with Crippen LogP contribution in [-0.4, -0.2) is 45.8 Å². The summed E-state index contributed by atoms with van der Waals surface area (Å²) in [6, 6.07) is 5.41. The fourth-order valence-corrected chi connectivity index (χ4v) is 3.16. The maximum atomic E-state index is 11.5. The van der Waals surface area contributed by atoms with Gasteiger partial charge in [0, 0.05) is 37.1 Å². The van der Waals surface area contributed by atoms with Crippen LogP contribution in [0.5, 0.6) is 0 Å². The van der Waals surface area contributed by atoms with Gasteiger partial charge in [0.25, 0.3) is 0 Å².